The summed E-state index contributed by atoms with van der Waals surface area (Å²) in [5, 5.41) is 3.64. The molecule has 134 valence electrons. The molecule has 0 unspecified atom stereocenters. The number of hydrogen-bond acceptors (Lipinski definition) is 7. The summed E-state index contributed by atoms with van der Waals surface area (Å²) >= 11 is 1.16. The highest BCUT2D eigenvalue weighted by molar-refractivity contribution is 7.91. The third-order valence-corrected chi connectivity index (χ3v) is 8.39. The summed E-state index contributed by atoms with van der Waals surface area (Å²) in [5.41, 5.74) is 0.272. The summed E-state index contributed by atoms with van der Waals surface area (Å²) in [6, 6.07) is 3.24. The average molecular weight is 394 g/mol. The minimum Gasteiger partial charge on any atom is -0.360 e. The second-order valence-electron chi connectivity index (χ2n) is 5.24. The number of sulfonamides is 2. The molecule has 0 aliphatic carbocycles. The van der Waals surface area contributed by atoms with Crippen LogP contribution in [0.3, 0.4) is 0 Å². The molecule has 0 saturated carbocycles. The molecule has 1 N–H and O–H groups in total. The van der Waals surface area contributed by atoms with Gasteiger partial charge in [-0.25, -0.2) is 21.6 Å². The molecule has 2 aromatic heterocycles. The van der Waals surface area contributed by atoms with Gasteiger partial charge in [-0.2, -0.15) is 4.31 Å². The normalized spacial score (nSPS) is 12.9. The van der Waals surface area contributed by atoms with Crippen molar-refractivity contribution in [3.8, 4) is 0 Å². The minimum absolute atomic E-state index is 0.0155. The van der Waals surface area contributed by atoms with Gasteiger partial charge >= 0.3 is 0 Å². The van der Waals surface area contributed by atoms with Crippen molar-refractivity contribution in [2.24, 2.45) is 0 Å². The van der Waals surface area contributed by atoms with Crippen molar-refractivity contribution in [2.45, 2.75) is 29.9 Å². The third kappa shape index (κ3) is 3.86. The van der Waals surface area contributed by atoms with Crippen LogP contribution in [-0.4, -0.2) is 46.4 Å². The van der Waals surface area contributed by atoms with Crippen molar-refractivity contribution in [1.29, 1.82) is 0 Å². The van der Waals surface area contributed by atoms with Gasteiger partial charge in [-0.1, -0.05) is 5.16 Å². The Labute approximate surface area is 145 Å². The van der Waals surface area contributed by atoms with Crippen LogP contribution in [0, 0.1) is 20.8 Å². The molecule has 0 saturated heterocycles. The van der Waals surface area contributed by atoms with Gasteiger partial charge in [-0.15, -0.1) is 11.3 Å². The lowest BCUT2D eigenvalue weighted by Gasteiger charge is -2.17. The second-order valence-corrected chi connectivity index (χ2v) is 10.5. The predicted octanol–water partition coefficient (Wildman–Crippen LogP) is 1.26. The minimum atomic E-state index is -3.79. The molecule has 0 radical (unpaired) electrons. The fourth-order valence-corrected chi connectivity index (χ4v) is 5.89. The molecule has 2 aromatic rings. The van der Waals surface area contributed by atoms with Crippen LogP contribution in [0.25, 0.3) is 0 Å². The second kappa shape index (κ2) is 6.92. The van der Waals surface area contributed by atoms with Crippen LogP contribution in [0.15, 0.2) is 25.8 Å². The fourth-order valence-electron chi connectivity index (χ4n) is 2.08. The maximum absolute atomic E-state index is 12.5. The molecule has 0 fully saturated rings. The number of likely N-dealkylation sites (N-methyl/N-ethyl adjacent to an activating group) is 1. The van der Waals surface area contributed by atoms with Crippen LogP contribution in [0.4, 0.5) is 0 Å². The van der Waals surface area contributed by atoms with Crippen LogP contribution in [0.1, 0.15) is 16.3 Å². The lowest BCUT2D eigenvalue weighted by Crippen LogP contribution is -2.36. The van der Waals surface area contributed by atoms with E-state index in [4.69, 9.17) is 4.52 Å². The molecule has 8 nitrogen and oxygen atoms in total. The Morgan fingerprint density at radius 1 is 1.21 bits per heavy atom. The molecule has 0 aromatic carbocycles. The van der Waals surface area contributed by atoms with Gasteiger partial charge in [-0.05, 0) is 32.9 Å². The maximum atomic E-state index is 12.5. The van der Waals surface area contributed by atoms with E-state index in [0.717, 1.165) is 20.5 Å². The molecule has 0 bridgehead atoms. The van der Waals surface area contributed by atoms with E-state index in [2.05, 4.69) is 9.88 Å². The first-order valence-electron chi connectivity index (χ1n) is 7.01. The van der Waals surface area contributed by atoms with Crippen LogP contribution in [0.2, 0.25) is 0 Å². The Balaban J connectivity index is 2.04. The number of thiophene rings is 1. The smallest absolute Gasteiger partial charge is 0.250 e. The van der Waals surface area contributed by atoms with E-state index in [-0.39, 0.29) is 33.6 Å². The number of aromatic nitrogens is 1. The van der Waals surface area contributed by atoms with E-state index < -0.39 is 20.0 Å². The van der Waals surface area contributed by atoms with Crippen LogP contribution >= 0.6 is 11.3 Å². The van der Waals surface area contributed by atoms with Gasteiger partial charge in [0, 0.05) is 25.0 Å². The molecular weight excluding hydrogens is 374 g/mol. The van der Waals surface area contributed by atoms with Crippen molar-refractivity contribution in [3.63, 3.8) is 0 Å². The lowest BCUT2D eigenvalue weighted by atomic mass is 10.4. The Morgan fingerprint density at radius 3 is 2.38 bits per heavy atom. The zero-order chi connectivity index (χ0) is 18.1. The molecule has 0 aliphatic rings. The van der Waals surface area contributed by atoms with E-state index in [1.807, 2.05) is 6.92 Å². The van der Waals surface area contributed by atoms with Gasteiger partial charge in [0.2, 0.25) is 20.0 Å². The molecule has 11 heteroatoms. The van der Waals surface area contributed by atoms with E-state index in [0.29, 0.717) is 0 Å². The van der Waals surface area contributed by atoms with Gasteiger partial charge < -0.3 is 4.52 Å². The first-order valence-corrected chi connectivity index (χ1v) is 10.7. The Kier molecular flexibility index (Phi) is 5.50. The van der Waals surface area contributed by atoms with Gasteiger partial charge in [0.05, 0.1) is 0 Å². The van der Waals surface area contributed by atoms with Gasteiger partial charge in [-0.3, -0.25) is 0 Å². The largest absolute Gasteiger partial charge is 0.360 e. The predicted molar refractivity (Wildman–Crippen MR) is 90.0 cm³/mol. The van der Waals surface area contributed by atoms with E-state index >= 15 is 0 Å². The molecule has 2 rings (SSSR count). The molecule has 24 heavy (non-hydrogen) atoms. The summed E-state index contributed by atoms with van der Waals surface area (Å²) in [5.74, 6) is 0.203. The van der Waals surface area contributed by atoms with Crippen molar-refractivity contribution in [1.82, 2.24) is 14.2 Å². The first kappa shape index (κ1) is 19.1. The zero-order valence-corrected chi connectivity index (χ0v) is 16.2. The quantitative estimate of drug-likeness (QED) is 0.758. The summed E-state index contributed by atoms with van der Waals surface area (Å²) in [4.78, 5) is 0.898. The number of rotatable bonds is 7. The molecule has 0 amide bonds. The van der Waals surface area contributed by atoms with E-state index in [1.165, 1.54) is 20.0 Å². The fraction of sp³-hybridized carbons (Fsp3) is 0.462. The number of nitrogens with one attached hydrogen (secondary N) is 1. The first-order chi connectivity index (χ1) is 11.1. The average Bonchev–Trinajstić information content (AvgIpc) is 3.05. The highest BCUT2D eigenvalue weighted by atomic mass is 32.2. The molecular formula is C13H19N3O5S3. The number of nitrogens with zero attached hydrogens (tertiary/aromatic N) is 2. The van der Waals surface area contributed by atoms with Crippen LogP contribution in [0.5, 0.6) is 0 Å². The molecule has 0 spiro atoms. The third-order valence-electron chi connectivity index (χ3n) is 3.34. The van der Waals surface area contributed by atoms with Crippen molar-refractivity contribution < 1.29 is 21.4 Å². The summed E-state index contributed by atoms with van der Waals surface area (Å²) in [6.45, 7) is 4.81. The maximum Gasteiger partial charge on any atom is 0.250 e. The van der Waals surface area contributed by atoms with Crippen molar-refractivity contribution in [2.75, 3.05) is 20.1 Å². The molecule has 0 aliphatic heterocycles. The summed E-state index contributed by atoms with van der Waals surface area (Å²) in [7, 11) is -6.05. The van der Waals surface area contributed by atoms with Gasteiger partial charge in [0.15, 0.2) is 5.76 Å². The zero-order valence-electron chi connectivity index (χ0n) is 13.7. The standard InChI is InChI=1S/C13H19N3O5S3/c1-9-5-6-12(22-9)23(17,18)14-7-8-16(4)24(19,20)13-10(2)15-21-11(13)3/h5-6,14H,7-8H2,1-4H3. The lowest BCUT2D eigenvalue weighted by molar-refractivity contribution is 0.389. The monoisotopic (exact) mass is 393 g/mol. The molecule has 2 heterocycles. The van der Waals surface area contributed by atoms with Crippen molar-refractivity contribution >= 4 is 31.4 Å². The Bertz CT molecular complexity index is 908. The Morgan fingerprint density at radius 2 is 1.88 bits per heavy atom. The SMILES string of the molecule is Cc1ccc(S(=O)(=O)NCCN(C)S(=O)(=O)c2c(C)noc2C)s1. The van der Waals surface area contributed by atoms with Gasteiger partial charge in [0.1, 0.15) is 14.8 Å². The van der Waals surface area contributed by atoms with Gasteiger partial charge in [0.25, 0.3) is 0 Å². The summed E-state index contributed by atoms with van der Waals surface area (Å²) < 4.78 is 57.8. The summed E-state index contributed by atoms with van der Waals surface area (Å²) in [6.07, 6.45) is 0. The molecule has 0 atom stereocenters. The number of aryl methyl sites for hydroxylation is 3. The number of hydrogen-bond donors (Lipinski definition) is 1. The van der Waals surface area contributed by atoms with Crippen LogP contribution < -0.4 is 4.72 Å². The Hall–Kier alpha value is -1.27. The highest BCUT2D eigenvalue weighted by Crippen LogP contribution is 2.22. The topological polar surface area (TPSA) is 110 Å². The van der Waals surface area contributed by atoms with Crippen LogP contribution in [-0.2, 0) is 20.0 Å². The van der Waals surface area contributed by atoms with E-state index in [9.17, 15) is 16.8 Å². The highest BCUT2D eigenvalue weighted by Gasteiger charge is 2.28. The van der Waals surface area contributed by atoms with Crippen molar-refractivity contribution in [3.05, 3.63) is 28.5 Å². The van der Waals surface area contributed by atoms with E-state index in [1.54, 1.807) is 13.0 Å².